The van der Waals surface area contributed by atoms with E-state index in [0.717, 1.165) is 40.2 Å². The lowest BCUT2D eigenvalue weighted by molar-refractivity contribution is -0.123. The van der Waals surface area contributed by atoms with Crippen LogP contribution < -0.4 is 15.4 Å². The van der Waals surface area contributed by atoms with E-state index in [9.17, 15) is 4.79 Å². The lowest BCUT2D eigenvalue weighted by Gasteiger charge is -2.36. The summed E-state index contributed by atoms with van der Waals surface area (Å²) in [6, 6.07) is 11.9. The minimum absolute atomic E-state index is 0.0197. The Morgan fingerprint density at radius 2 is 2.24 bits per heavy atom. The van der Waals surface area contributed by atoms with E-state index in [4.69, 9.17) is 16.3 Å². The van der Waals surface area contributed by atoms with Crippen LogP contribution in [-0.4, -0.2) is 44.1 Å². The van der Waals surface area contributed by atoms with Gasteiger partial charge in [0.25, 0.3) is 0 Å². The molecule has 0 bridgehead atoms. The van der Waals surface area contributed by atoms with E-state index in [2.05, 4.69) is 21.6 Å². The molecule has 1 saturated heterocycles. The summed E-state index contributed by atoms with van der Waals surface area (Å²) in [4.78, 5) is 15.6. The monoisotopic (exact) mass is 379 g/mol. The second-order valence-corrected chi connectivity index (χ2v) is 7.71. The van der Waals surface area contributed by atoms with Gasteiger partial charge in [-0.1, -0.05) is 29.8 Å². The van der Waals surface area contributed by atoms with Crippen LogP contribution in [0.5, 0.6) is 5.75 Å². The molecule has 5 nitrogen and oxygen atoms in total. The third-order valence-electron chi connectivity index (χ3n) is 4.29. The third kappa shape index (κ3) is 4.73. The van der Waals surface area contributed by atoms with Gasteiger partial charge in [0, 0.05) is 30.1 Å². The van der Waals surface area contributed by atoms with Crippen molar-refractivity contribution in [2.75, 3.05) is 33.3 Å². The molecule has 2 heterocycles. The molecule has 0 saturated carbocycles. The molecule has 1 unspecified atom stereocenters. The van der Waals surface area contributed by atoms with Crippen LogP contribution in [0.25, 0.3) is 0 Å². The molecule has 1 amide bonds. The van der Waals surface area contributed by atoms with E-state index in [1.54, 1.807) is 7.11 Å². The van der Waals surface area contributed by atoms with Gasteiger partial charge in [-0.25, -0.2) is 0 Å². The Hall–Kier alpha value is -1.60. The van der Waals surface area contributed by atoms with Crippen molar-refractivity contribution in [1.82, 2.24) is 15.5 Å². The highest BCUT2D eigenvalue weighted by molar-refractivity contribution is 7.16. The topological polar surface area (TPSA) is 53.6 Å². The van der Waals surface area contributed by atoms with E-state index in [0.29, 0.717) is 13.1 Å². The van der Waals surface area contributed by atoms with Gasteiger partial charge in [0.05, 0.1) is 30.6 Å². The zero-order valence-electron chi connectivity index (χ0n) is 14.1. The number of nitrogens with zero attached hydrogens (tertiary/aromatic N) is 1. The molecular weight excluding hydrogens is 358 g/mol. The summed E-state index contributed by atoms with van der Waals surface area (Å²) in [6.07, 6.45) is 0. The first-order valence-corrected chi connectivity index (χ1v) is 9.45. The number of hydrogen-bond acceptors (Lipinski definition) is 5. The number of rotatable bonds is 6. The van der Waals surface area contributed by atoms with Crippen LogP contribution >= 0.6 is 22.9 Å². The molecular formula is C18H22ClN3O2S. The molecule has 3 rings (SSSR count). The molecule has 1 atom stereocenters. The molecule has 0 radical (unpaired) electrons. The maximum atomic E-state index is 12.4. The van der Waals surface area contributed by atoms with Crippen molar-refractivity contribution in [3.63, 3.8) is 0 Å². The number of nitrogens with one attached hydrogen (secondary N) is 2. The van der Waals surface area contributed by atoms with Gasteiger partial charge in [-0.2, -0.15) is 0 Å². The first kappa shape index (κ1) is 18.2. The fraction of sp³-hybridized carbons (Fsp3) is 0.389. The number of ether oxygens (including phenoxy) is 1. The summed E-state index contributed by atoms with van der Waals surface area (Å²) in [5.41, 5.74) is 1.11. The zero-order valence-corrected chi connectivity index (χ0v) is 15.7. The Kier molecular flexibility index (Phi) is 6.31. The molecule has 1 aromatic carbocycles. The minimum Gasteiger partial charge on any atom is -0.496 e. The normalized spacial score (nSPS) is 18.1. The van der Waals surface area contributed by atoms with Gasteiger partial charge in [-0.15, -0.1) is 11.3 Å². The fourth-order valence-electron chi connectivity index (χ4n) is 3.06. The molecule has 1 aromatic heterocycles. The van der Waals surface area contributed by atoms with Crippen molar-refractivity contribution in [3.05, 3.63) is 51.2 Å². The molecule has 7 heteroatoms. The van der Waals surface area contributed by atoms with Crippen molar-refractivity contribution in [3.8, 4) is 5.75 Å². The van der Waals surface area contributed by atoms with Crippen molar-refractivity contribution < 1.29 is 9.53 Å². The summed E-state index contributed by atoms with van der Waals surface area (Å²) in [7, 11) is 1.68. The zero-order chi connectivity index (χ0) is 17.6. The Morgan fingerprint density at radius 1 is 1.40 bits per heavy atom. The van der Waals surface area contributed by atoms with Crippen LogP contribution in [0, 0.1) is 0 Å². The number of methoxy groups -OCH3 is 1. The smallest absolute Gasteiger partial charge is 0.234 e. The number of benzene rings is 1. The number of halogens is 1. The molecule has 25 heavy (non-hydrogen) atoms. The van der Waals surface area contributed by atoms with Crippen molar-refractivity contribution in [2.24, 2.45) is 0 Å². The molecule has 1 aliphatic heterocycles. The molecule has 1 aliphatic rings. The third-order valence-corrected chi connectivity index (χ3v) is 5.52. The van der Waals surface area contributed by atoms with Crippen LogP contribution in [0.4, 0.5) is 0 Å². The van der Waals surface area contributed by atoms with Crippen molar-refractivity contribution in [1.29, 1.82) is 0 Å². The molecule has 0 spiro atoms. The first-order chi connectivity index (χ1) is 12.2. The number of hydrogen-bond donors (Lipinski definition) is 2. The molecule has 2 N–H and O–H groups in total. The van der Waals surface area contributed by atoms with Crippen LogP contribution in [0.1, 0.15) is 16.5 Å². The van der Waals surface area contributed by atoms with Crippen LogP contribution in [-0.2, 0) is 11.3 Å². The number of carbonyl (C=O) groups excluding carboxylic acids is 1. The van der Waals surface area contributed by atoms with E-state index in [-0.39, 0.29) is 11.9 Å². The Labute approximate surface area is 156 Å². The predicted octanol–water partition coefficient (Wildman–Crippen LogP) is 2.67. The maximum Gasteiger partial charge on any atom is 0.234 e. The van der Waals surface area contributed by atoms with E-state index >= 15 is 0 Å². The lowest BCUT2D eigenvalue weighted by Crippen LogP contribution is -2.49. The van der Waals surface area contributed by atoms with Gasteiger partial charge in [0.15, 0.2) is 0 Å². The quantitative estimate of drug-likeness (QED) is 0.810. The largest absolute Gasteiger partial charge is 0.496 e. The second-order valence-electron chi connectivity index (χ2n) is 5.91. The summed E-state index contributed by atoms with van der Waals surface area (Å²) < 4.78 is 6.23. The number of piperazine rings is 1. The van der Waals surface area contributed by atoms with Gasteiger partial charge in [-0.05, 0) is 18.2 Å². The van der Waals surface area contributed by atoms with E-state index in [1.807, 2.05) is 30.3 Å². The van der Waals surface area contributed by atoms with Gasteiger partial charge in [-0.3, -0.25) is 9.69 Å². The van der Waals surface area contributed by atoms with Crippen molar-refractivity contribution >= 4 is 28.8 Å². The van der Waals surface area contributed by atoms with Gasteiger partial charge >= 0.3 is 0 Å². The van der Waals surface area contributed by atoms with Crippen molar-refractivity contribution in [2.45, 2.75) is 12.6 Å². The highest BCUT2D eigenvalue weighted by atomic mass is 35.5. The van der Waals surface area contributed by atoms with E-state index < -0.39 is 0 Å². The highest BCUT2D eigenvalue weighted by Crippen LogP contribution is 2.29. The Bertz CT molecular complexity index is 722. The molecule has 2 aromatic rings. The van der Waals surface area contributed by atoms with Crippen LogP contribution in [0.15, 0.2) is 36.4 Å². The molecule has 134 valence electrons. The minimum atomic E-state index is 0.0197. The Balaban J connectivity index is 1.63. The standard InChI is InChI=1S/C18H22ClN3O2S/c1-24-16-5-3-2-4-14(16)15-11-20-8-9-22(15)12-18(23)21-10-13-6-7-17(19)25-13/h2-7,15,20H,8-12H2,1H3,(H,21,23). The number of carbonyl (C=O) groups is 1. The summed E-state index contributed by atoms with van der Waals surface area (Å²) >= 11 is 7.41. The number of amides is 1. The van der Waals surface area contributed by atoms with Gasteiger partial charge in [0.2, 0.25) is 5.91 Å². The highest BCUT2D eigenvalue weighted by Gasteiger charge is 2.27. The predicted molar refractivity (Wildman–Crippen MR) is 101 cm³/mol. The number of para-hydroxylation sites is 1. The van der Waals surface area contributed by atoms with Crippen LogP contribution in [0.3, 0.4) is 0 Å². The van der Waals surface area contributed by atoms with Gasteiger partial charge in [0.1, 0.15) is 5.75 Å². The van der Waals surface area contributed by atoms with Crippen LogP contribution in [0.2, 0.25) is 4.34 Å². The summed E-state index contributed by atoms with van der Waals surface area (Å²) in [6.45, 7) is 3.37. The second kappa shape index (κ2) is 8.67. The average molecular weight is 380 g/mol. The SMILES string of the molecule is COc1ccccc1C1CNCCN1CC(=O)NCc1ccc(Cl)s1. The van der Waals surface area contributed by atoms with E-state index in [1.165, 1.54) is 11.3 Å². The fourth-order valence-corrected chi connectivity index (χ4v) is 4.08. The van der Waals surface area contributed by atoms with Gasteiger partial charge < -0.3 is 15.4 Å². The Morgan fingerprint density at radius 3 is 3.00 bits per heavy atom. The lowest BCUT2D eigenvalue weighted by atomic mass is 10.0. The summed E-state index contributed by atoms with van der Waals surface area (Å²) in [5.74, 6) is 0.876. The summed E-state index contributed by atoms with van der Waals surface area (Å²) in [5, 5.41) is 6.39. The molecule has 1 fully saturated rings. The first-order valence-electron chi connectivity index (χ1n) is 8.26. The number of thiophene rings is 1. The average Bonchev–Trinajstić information content (AvgIpc) is 3.06. The molecule has 0 aliphatic carbocycles. The maximum absolute atomic E-state index is 12.4.